The van der Waals surface area contributed by atoms with E-state index in [0.29, 0.717) is 21.8 Å². The number of rotatable bonds is 3. The highest BCUT2D eigenvalue weighted by Gasteiger charge is 2.17. The maximum atomic E-state index is 12.6. The van der Waals surface area contributed by atoms with Gasteiger partial charge in [-0.3, -0.25) is 9.59 Å². The summed E-state index contributed by atoms with van der Waals surface area (Å²) in [5.41, 5.74) is 1.77. The topological polar surface area (TPSA) is 49.4 Å². The van der Waals surface area contributed by atoms with Gasteiger partial charge in [-0.1, -0.05) is 30.5 Å². The summed E-state index contributed by atoms with van der Waals surface area (Å²) >= 11 is 5.92. The van der Waals surface area contributed by atoms with Crippen molar-refractivity contribution in [2.24, 2.45) is 0 Å². The quantitative estimate of drug-likeness (QED) is 0.873. The molecule has 130 valence electrons. The van der Waals surface area contributed by atoms with Gasteiger partial charge in [-0.2, -0.15) is 0 Å². The third-order valence-electron chi connectivity index (χ3n) is 4.37. The summed E-state index contributed by atoms with van der Waals surface area (Å²) in [6, 6.07) is 13.8. The van der Waals surface area contributed by atoms with Crippen LogP contribution in [-0.2, 0) is 0 Å². The molecular formula is C20H21ClN2O2. The van der Waals surface area contributed by atoms with Crippen molar-refractivity contribution in [3.05, 3.63) is 64.7 Å². The number of carbonyl (C=O) groups is 2. The molecule has 25 heavy (non-hydrogen) atoms. The van der Waals surface area contributed by atoms with Gasteiger partial charge >= 0.3 is 0 Å². The van der Waals surface area contributed by atoms with Crippen molar-refractivity contribution in [2.45, 2.75) is 25.7 Å². The Morgan fingerprint density at radius 3 is 2.16 bits per heavy atom. The van der Waals surface area contributed by atoms with E-state index in [9.17, 15) is 9.59 Å². The highest BCUT2D eigenvalue weighted by molar-refractivity contribution is 6.31. The summed E-state index contributed by atoms with van der Waals surface area (Å²) < 4.78 is 0. The van der Waals surface area contributed by atoms with Crippen LogP contribution in [0.2, 0.25) is 5.02 Å². The van der Waals surface area contributed by atoms with Crippen molar-refractivity contribution in [3.8, 4) is 0 Å². The number of amides is 2. The normalized spacial score (nSPS) is 14.7. The Labute approximate surface area is 152 Å². The monoisotopic (exact) mass is 356 g/mol. The van der Waals surface area contributed by atoms with Gasteiger partial charge in [0.05, 0.1) is 0 Å². The summed E-state index contributed by atoms with van der Waals surface area (Å²) in [7, 11) is 0. The van der Waals surface area contributed by atoms with E-state index in [1.807, 2.05) is 4.90 Å². The van der Waals surface area contributed by atoms with Crippen LogP contribution in [0.5, 0.6) is 0 Å². The highest BCUT2D eigenvalue weighted by atomic mass is 35.5. The van der Waals surface area contributed by atoms with E-state index in [1.54, 1.807) is 48.5 Å². The van der Waals surface area contributed by atoms with Gasteiger partial charge < -0.3 is 10.2 Å². The molecule has 0 aromatic heterocycles. The third-order valence-corrected chi connectivity index (χ3v) is 4.60. The Hall–Kier alpha value is -2.33. The lowest BCUT2D eigenvalue weighted by atomic mass is 10.1. The molecule has 1 aliphatic rings. The second-order valence-corrected chi connectivity index (χ2v) is 6.68. The average Bonchev–Trinajstić information content (AvgIpc) is 2.90. The van der Waals surface area contributed by atoms with Gasteiger partial charge in [-0.15, -0.1) is 0 Å². The summed E-state index contributed by atoms with van der Waals surface area (Å²) in [6.45, 7) is 1.63. The van der Waals surface area contributed by atoms with E-state index >= 15 is 0 Å². The lowest BCUT2D eigenvalue weighted by Gasteiger charge is -2.20. The van der Waals surface area contributed by atoms with E-state index in [4.69, 9.17) is 11.6 Å². The Kier molecular flexibility index (Phi) is 5.71. The Morgan fingerprint density at radius 1 is 0.880 bits per heavy atom. The molecule has 1 heterocycles. The standard InChI is InChI=1S/C20H21ClN2O2/c21-17-6-5-7-18(14-17)22-19(24)15-8-10-16(11-9-15)20(25)23-12-3-1-2-4-13-23/h5-11,14H,1-4,12-13H2,(H,22,24). The molecule has 5 heteroatoms. The van der Waals surface area contributed by atoms with Crippen molar-refractivity contribution >= 4 is 29.1 Å². The molecule has 0 bridgehead atoms. The molecule has 0 unspecified atom stereocenters. The maximum absolute atomic E-state index is 12.6. The zero-order chi connectivity index (χ0) is 17.6. The minimum Gasteiger partial charge on any atom is -0.339 e. The number of anilines is 1. The molecule has 2 aromatic carbocycles. The number of halogens is 1. The van der Waals surface area contributed by atoms with E-state index in [1.165, 1.54) is 12.8 Å². The molecule has 3 rings (SSSR count). The lowest BCUT2D eigenvalue weighted by Crippen LogP contribution is -2.31. The number of hydrogen-bond donors (Lipinski definition) is 1. The van der Waals surface area contributed by atoms with Crippen molar-refractivity contribution in [1.82, 2.24) is 4.90 Å². The van der Waals surface area contributed by atoms with Crippen molar-refractivity contribution < 1.29 is 9.59 Å². The SMILES string of the molecule is O=C(Nc1cccc(Cl)c1)c1ccc(C(=O)N2CCCCCC2)cc1. The summed E-state index contributed by atoms with van der Waals surface area (Å²) in [5.74, 6) is -0.181. The Bertz CT molecular complexity index is 751. The minimum absolute atomic E-state index is 0.0451. The number of carbonyl (C=O) groups excluding carboxylic acids is 2. The Balaban J connectivity index is 1.66. The molecule has 2 aromatic rings. The number of nitrogens with zero attached hydrogens (tertiary/aromatic N) is 1. The van der Waals surface area contributed by atoms with Crippen LogP contribution in [0, 0.1) is 0 Å². The van der Waals surface area contributed by atoms with Crippen LogP contribution in [0.25, 0.3) is 0 Å². The van der Waals surface area contributed by atoms with Gasteiger partial charge in [-0.25, -0.2) is 0 Å². The zero-order valence-electron chi connectivity index (χ0n) is 14.0. The number of likely N-dealkylation sites (tertiary alicyclic amines) is 1. The fourth-order valence-electron chi connectivity index (χ4n) is 2.99. The second kappa shape index (κ2) is 8.17. The fraction of sp³-hybridized carbons (Fsp3) is 0.300. The number of benzene rings is 2. The van der Waals surface area contributed by atoms with Gasteiger partial charge in [0, 0.05) is 34.9 Å². The first kappa shape index (κ1) is 17.5. The van der Waals surface area contributed by atoms with Gasteiger partial charge in [0.2, 0.25) is 0 Å². The average molecular weight is 357 g/mol. The van der Waals surface area contributed by atoms with Crippen LogP contribution in [0.4, 0.5) is 5.69 Å². The molecule has 0 radical (unpaired) electrons. The largest absolute Gasteiger partial charge is 0.339 e. The van der Waals surface area contributed by atoms with Crippen LogP contribution in [0.15, 0.2) is 48.5 Å². The van der Waals surface area contributed by atoms with Crippen molar-refractivity contribution in [2.75, 3.05) is 18.4 Å². The molecule has 4 nitrogen and oxygen atoms in total. The second-order valence-electron chi connectivity index (χ2n) is 6.25. The fourth-order valence-corrected chi connectivity index (χ4v) is 3.18. The van der Waals surface area contributed by atoms with Crippen LogP contribution >= 0.6 is 11.6 Å². The lowest BCUT2D eigenvalue weighted by molar-refractivity contribution is 0.0761. The highest BCUT2D eigenvalue weighted by Crippen LogP contribution is 2.17. The predicted octanol–water partition coefficient (Wildman–Crippen LogP) is 4.61. The minimum atomic E-state index is -0.226. The first-order valence-corrected chi connectivity index (χ1v) is 8.97. The molecule has 1 N–H and O–H groups in total. The van der Waals surface area contributed by atoms with Crippen molar-refractivity contribution in [3.63, 3.8) is 0 Å². The van der Waals surface area contributed by atoms with Crippen LogP contribution < -0.4 is 5.32 Å². The van der Waals surface area contributed by atoms with Gasteiger partial charge in [0.25, 0.3) is 11.8 Å². The molecular weight excluding hydrogens is 336 g/mol. The first-order chi connectivity index (χ1) is 12.1. The summed E-state index contributed by atoms with van der Waals surface area (Å²) in [6.07, 6.45) is 4.50. The molecule has 1 fully saturated rings. The van der Waals surface area contributed by atoms with E-state index in [2.05, 4.69) is 5.32 Å². The smallest absolute Gasteiger partial charge is 0.255 e. The van der Waals surface area contributed by atoms with Crippen LogP contribution in [0.3, 0.4) is 0 Å². The predicted molar refractivity (Wildman–Crippen MR) is 100 cm³/mol. The van der Waals surface area contributed by atoms with E-state index < -0.39 is 0 Å². The number of nitrogens with one attached hydrogen (secondary N) is 1. The summed E-state index contributed by atoms with van der Waals surface area (Å²) in [5, 5.41) is 3.37. The van der Waals surface area contributed by atoms with Gasteiger partial charge in [0.15, 0.2) is 0 Å². The molecule has 1 saturated heterocycles. The molecule has 1 aliphatic heterocycles. The van der Waals surface area contributed by atoms with Crippen molar-refractivity contribution in [1.29, 1.82) is 0 Å². The van der Waals surface area contributed by atoms with E-state index in [-0.39, 0.29) is 11.8 Å². The first-order valence-electron chi connectivity index (χ1n) is 8.60. The van der Waals surface area contributed by atoms with Crippen LogP contribution in [-0.4, -0.2) is 29.8 Å². The number of hydrogen-bond acceptors (Lipinski definition) is 2. The van der Waals surface area contributed by atoms with E-state index in [0.717, 1.165) is 25.9 Å². The summed E-state index contributed by atoms with van der Waals surface area (Å²) in [4.78, 5) is 26.8. The third kappa shape index (κ3) is 4.60. The maximum Gasteiger partial charge on any atom is 0.255 e. The zero-order valence-corrected chi connectivity index (χ0v) is 14.8. The molecule has 0 atom stereocenters. The molecule has 0 aliphatic carbocycles. The molecule has 0 spiro atoms. The molecule has 0 saturated carbocycles. The van der Waals surface area contributed by atoms with Gasteiger partial charge in [-0.05, 0) is 55.3 Å². The Morgan fingerprint density at radius 2 is 1.52 bits per heavy atom. The van der Waals surface area contributed by atoms with Gasteiger partial charge in [0.1, 0.15) is 0 Å². The van der Waals surface area contributed by atoms with Crippen LogP contribution in [0.1, 0.15) is 46.4 Å². The molecule has 2 amide bonds.